The highest BCUT2D eigenvalue weighted by atomic mass is 79.9. The molecule has 1 heterocycles. The highest BCUT2D eigenvalue weighted by Crippen LogP contribution is 2.19. The van der Waals surface area contributed by atoms with E-state index in [-0.39, 0.29) is 16.5 Å². The third-order valence-corrected chi connectivity index (χ3v) is 5.87. The summed E-state index contributed by atoms with van der Waals surface area (Å²) in [6, 6.07) is 0. The van der Waals surface area contributed by atoms with E-state index >= 15 is 0 Å². The van der Waals surface area contributed by atoms with Crippen LogP contribution in [0.5, 0.6) is 0 Å². The lowest BCUT2D eigenvalue weighted by atomic mass is 10.2. The number of carbonyl (C=O) groups excluding carboxylic acids is 1. The van der Waals surface area contributed by atoms with Crippen LogP contribution in [-0.4, -0.2) is 50.4 Å². The molecule has 106 valence electrons. The van der Waals surface area contributed by atoms with E-state index in [4.69, 9.17) is 4.74 Å². The Kier molecular flexibility index (Phi) is 6.59. The summed E-state index contributed by atoms with van der Waals surface area (Å²) in [6.07, 6.45) is 2.64. The minimum absolute atomic E-state index is 0.135. The molecule has 0 aromatic rings. The zero-order valence-corrected chi connectivity index (χ0v) is 12.9. The SMILES string of the molecule is COCC(Br)CCNC(=O)C1CCCCS1(=O)=O. The summed E-state index contributed by atoms with van der Waals surface area (Å²) >= 11 is 3.41. The Morgan fingerprint density at radius 2 is 2.22 bits per heavy atom. The Hall–Kier alpha value is -0.140. The standard InChI is InChI=1S/C11H20BrNO4S/c1-17-8-9(12)5-6-13-11(14)10-4-2-3-7-18(10,15)16/h9-10H,2-8H2,1H3,(H,13,14). The quantitative estimate of drug-likeness (QED) is 0.727. The predicted molar refractivity (Wildman–Crippen MR) is 73.6 cm³/mol. The summed E-state index contributed by atoms with van der Waals surface area (Å²) < 4.78 is 28.4. The van der Waals surface area contributed by atoms with Crippen molar-refractivity contribution < 1.29 is 17.9 Å². The lowest BCUT2D eigenvalue weighted by molar-refractivity contribution is -0.120. The van der Waals surface area contributed by atoms with Crippen molar-refractivity contribution in [1.29, 1.82) is 0 Å². The second kappa shape index (κ2) is 7.45. The van der Waals surface area contributed by atoms with Gasteiger partial charge in [-0.3, -0.25) is 4.79 Å². The maximum absolute atomic E-state index is 11.8. The van der Waals surface area contributed by atoms with Gasteiger partial charge >= 0.3 is 0 Å². The Balaban J connectivity index is 2.36. The minimum atomic E-state index is -3.23. The first-order valence-electron chi connectivity index (χ1n) is 6.09. The summed E-state index contributed by atoms with van der Waals surface area (Å²) in [7, 11) is -1.62. The molecule has 0 aromatic carbocycles. The molecule has 1 aliphatic heterocycles. The summed E-state index contributed by atoms with van der Waals surface area (Å²) in [5, 5.41) is 1.85. The number of hydrogen-bond donors (Lipinski definition) is 1. The molecule has 1 amide bonds. The number of methoxy groups -OCH3 is 1. The van der Waals surface area contributed by atoms with Crippen LogP contribution in [0.25, 0.3) is 0 Å². The van der Waals surface area contributed by atoms with Crippen LogP contribution >= 0.6 is 15.9 Å². The monoisotopic (exact) mass is 341 g/mol. The van der Waals surface area contributed by atoms with Crippen LogP contribution in [0.3, 0.4) is 0 Å². The van der Waals surface area contributed by atoms with Gasteiger partial charge in [-0.2, -0.15) is 0 Å². The smallest absolute Gasteiger partial charge is 0.238 e. The molecular formula is C11H20BrNO4S. The first-order chi connectivity index (χ1) is 8.47. The van der Waals surface area contributed by atoms with Crippen molar-refractivity contribution in [3.63, 3.8) is 0 Å². The minimum Gasteiger partial charge on any atom is -0.384 e. The van der Waals surface area contributed by atoms with Crippen LogP contribution in [0.4, 0.5) is 0 Å². The lowest BCUT2D eigenvalue weighted by Crippen LogP contribution is -2.43. The fraction of sp³-hybridized carbons (Fsp3) is 0.909. The molecule has 0 aliphatic carbocycles. The Morgan fingerprint density at radius 3 is 2.83 bits per heavy atom. The van der Waals surface area contributed by atoms with Gasteiger partial charge in [-0.1, -0.05) is 22.4 Å². The van der Waals surface area contributed by atoms with E-state index < -0.39 is 15.1 Å². The maximum Gasteiger partial charge on any atom is 0.238 e. The molecule has 0 radical (unpaired) electrons. The van der Waals surface area contributed by atoms with Crippen molar-refractivity contribution >= 4 is 31.7 Å². The Labute approximate surface area is 117 Å². The largest absolute Gasteiger partial charge is 0.384 e. The van der Waals surface area contributed by atoms with Crippen LogP contribution < -0.4 is 5.32 Å². The summed E-state index contributed by atoms with van der Waals surface area (Å²) in [4.78, 5) is 12.0. The van der Waals surface area contributed by atoms with E-state index in [0.717, 1.165) is 6.42 Å². The average Bonchev–Trinajstić information content (AvgIpc) is 2.28. The third kappa shape index (κ3) is 4.85. The third-order valence-electron chi connectivity index (χ3n) is 2.98. The maximum atomic E-state index is 11.8. The van der Waals surface area contributed by atoms with Gasteiger partial charge in [0.2, 0.25) is 5.91 Å². The van der Waals surface area contributed by atoms with Crippen molar-refractivity contribution in [3.05, 3.63) is 0 Å². The number of sulfone groups is 1. The molecule has 1 aliphatic rings. The molecule has 1 saturated heterocycles. The van der Waals surface area contributed by atoms with Crippen molar-refractivity contribution in [2.75, 3.05) is 26.0 Å². The zero-order chi connectivity index (χ0) is 13.6. The average molecular weight is 342 g/mol. The fourth-order valence-electron chi connectivity index (χ4n) is 1.98. The summed E-state index contributed by atoms with van der Waals surface area (Å²) in [6.45, 7) is 1.03. The molecular weight excluding hydrogens is 322 g/mol. The van der Waals surface area contributed by atoms with Crippen molar-refractivity contribution in [3.8, 4) is 0 Å². The van der Waals surface area contributed by atoms with Gasteiger partial charge in [0.25, 0.3) is 0 Å². The van der Waals surface area contributed by atoms with Gasteiger partial charge in [-0.25, -0.2) is 8.42 Å². The molecule has 1 rings (SSSR count). The predicted octanol–water partition coefficient (Wildman–Crippen LogP) is 0.870. The number of rotatable bonds is 6. The van der Waals surface area contributed by atoms with E-state index in [1.165, 1.54) is 0 Å². The lowest BCUT2D eigenvalue weighted by Gasteiger charge is -2.21. The van der Waals surface area contributed by atoms with Crippen molar-refractivity contribution in [1.82, 2.24) is 5.32 Å². The van der Waals surface area contributed by atoms with Crippen LogP contribution in [0.1, 0.15) is 25.7 Å². The van der Waals surface area contributed by atoms with E-state index in [9.17, 15) is 13.2 Å². The summed E-state index contributed by atoms with van der Waals surface area (Å²) in [5.41, 5.74) is 0. The molecule has 5 nitrogen and oxygen atoms in total. The molecule has 2 unspecified atom stereocenters. The highest BCUT2D eigenvalue weighted by Gasteiger charge is 2.34. The molecule has 0 bridgehead atoms. The number of alkyl halides is 1. The van der Waals surface area contributed by atoms with Gasteiger partial charge in [-0.05, 0) is 19.3 Å². The number of ether oxygens (including phenoxy) is 1. The van der Waals surface area contributed by atoms with Crippen molar-refractivity contribution in [2.24, 2.45) is 0 Å². The Bertz CT molecular complexity index is 371. The molecule has 1 fully saturated rings. The van der Waals surface area contributed by atoms with Gasteiger partial charge in [0.05, 0.1) is 12.4 Å². The molecule has 0 aromatic heterocycles. The van der Waals surface area contributed by atoms with Gasteiger partial charge < -0.3 is 10.1 Å². The number of hydrogen-bond acceptors (Lipinski definition) is 4. The van der Waals surface area contributed by atoms with Gasteiger partial charge in [0.15, 0.2) is 9.84 Å². The molecule has 7 heteroatoms. The number of carbonyl (C=O) groups is 1. The zero-order valence-electron chi connectivity index (χ0n) is 10.5. The molecule has 0 saturated carbocycles. The van der Waals surface area contributed by atoms with Gasteiger partial charge in [0.1, 0.15) is 5.25 Å². The first-order valence-corrected chi connectivity index (χ1v) is 8.73. The fourth-order valence-corrected chi connectivity index (χ4v) is 4.30. The van der Waals surface area contributed by atoms with Crippen LogP contribution in [0.15, 0.2) is 0 Å². The topological polar surface area (TPSA) is 72.5 Å². The normalized spacial score (nSPS) is 24.4. The van der Waals surface area contributed by atoms with Crippen molar-refractivity contribution in [2.45, 2.75) is 35.8 Å². The van der Waals surface area contributed by atoms with Crippen LogP contribution in [0.2, 0.25) is 0 Å². The van der Waals surface area contributed by atoms with Gasteiger partial charge in [-0.15, -0.1) is 0 Å². The van der Waals surface area contributed by atoms with E-state index in [1.54, 1.807) is 7.11 Å². The number of amides is 1. The second-order valence-electron chi connectivity index (χ2n) is 4.48. The van der Waals surface area contributed by atoms with E-state index in [2.05, 4.69) is 21.2 Å². The van der Waals surface area contributed by atoms with Crippen LogP contribution in [-0.2, 0) is 19.4 Å². The second-order valence-corrected chi connectivity index (χ2v) is 8.08. The molecule has 1 N–H and O–H groups in total. The molecule has 18 heavy (non-hydrogen) atoms. The van der Waals surface area contributed by atoms with E-state index in [0.29, 0.717) is 32.4 Å². The highest BCUT2D eigenvalue weighted by molar-refractivity contribution is 9.09. The number of halogens is 1. The molecule has 2 atom stereocenters. The van der Waals surface area contributed by atoms with Gasteiger partial charge in [0, 0.05) is 18.5 Å². The first kappa shape index (κ1) is 15.9. The van der Waals surface area contributed by atoms with Crippen LogP contribution in [0, 0.1) is 0 Å². The number of nitrogens with one attached hydrogen (secondary N) is 1. The Morgan fingerprint density at radius 1 is 1.50 bits per heavy atom. The van der Waals surface area contributed by atoms with E-state index in [1.807, 2.05) is 0 Å². The molecule has 0 spiro atoms. The summed E-state index contributed by atoms with van der Waals surface area (Å²) in [5.74, 6) is -0.220.